The summed E-state index contributed by atoms with van der Waals surface area (Å²) in [5.41, 5.74) is 1.06. The molecular formula is C12H18ClN3O. The molecule has 94 valence electrons. The maximum atomic E-state index is 12.3. The minimum absolute atomic E-state index is 0.226. The van der Waals surface area contributed by atoms with Gasteiger partial charge in [0.05, 0.1) is 5.69 Å². The van der Waals surface area contributed by atoms with Crippen molar-refractivity contribution in [2.75, 3.05) is 7.05 Å². The number of hydrogen-bond donors (Lipinski definition) is 1. The van der Waals surface area contributed by atoms with E-state index < -0.39 is 5.54 Å². The van der Waals surface area contributed by atoms with Gasteiger partial charge in [-0.2, -0.15) is 5.10 Å². The number of nitrogens with one attached hydrogen (secondary N) is 1. The molecule has 1 saturated carbocycles. The minimum Gasteiger partial charge on any atom is -0.304 e. The van der Waals surface area contributed by atoms with Crippen LogP contribution in [0.2, 0.25) is 5.15 Å². The predicted molar refractivity (Wildman–Crippen MR) is 67.2 cm³/mol. The monoisotopic (exact) mass is 255 g/mol. The number of hydrogen-bond acceptors (Lipinski definition) is 3. The molecule has 1 aliphatic rings. The number of likely N-dealkylation sites (N-methyl/N-ethyl adjacent to an activating group) is 1. The Balaban J connectivity index is 2.57. The van der Waals surface area contributed by atoms with Gasteiger partial charge in [0.15, 0.2) is 5.78 Å². The molecule has 1 N–H and O–H groups in total. The number of Topliss-reactive ketones (excluding diaryl/α,β-unsaturated/α-hetero) is 1. The summed E-state index contributed by atoms with van der Waals surface area (Å²) < 4.78 is 1.63. The highest BCUT2D eigenvalue weighted by molar-refractivity contribution is 6.31. The lowest BCUT2D eigenvalue weighted by Crippen LogP contribution is -2.49. The van der Waals surface area contributed by atoms with Crippen molar-refractivity contribution in [3.05, 3.63) is 16.4 Å². The zero-order valence-electron chi connectivity index (χ0n) is 10.5. The molecule has 0 spiro atoms. The van der Waals surface area contributed by atoms with Gasteiger partial charge < -0.3 is 5.32 Å². The van der Waals surface area contributed by atoms with E-state index in [0.717, 1.165) is 30.5 Å². The number of nitrogens with zero attached hydrogens (tertiary/aromatic N) is 2. The molecule has 1 fully saturated rings. The van der Waals surface area contributed by atoms with Crippen molar-refractivity contribution in [1.82, 2.24) is 15.1 Å². The predicted octanol–water partition coefficient (Wildman–Crippen LogP) is 1.94. The van der Waals surface area contributed by atoms with E-state index in [1.807, 2.05) is 14.0 Å². The number of rotatable bonds is 2. The number of aromatic nitrogens is 2. The maximum absolute atomic E-state index is 12.3. The van der Waals surface area contributed by atoms with E-state index in [9.17, 15) is 4.79 Å². The highest BCUT2D eigenvalue weighted by atomic mass is 35.5. The number of carbonyl (C=O) groups is 1. The standard InChI is InChI=1S/C12H18ClN3O/c1-8-10(11(13)16(3)15-8)12(14-2)7-5-4-6-9(12)17/h14H,4-7H2,1-3H3/t12-/m0/s1. The van der Waals surface area contributed by atoms with Crippen LogP contribution in [0.3, 0.4) is 0 Å². The fourth-order valence-electron chi connectivity index (χ4n) is 2.80. The van der Waals surface area contributed by atoms with Crippen LogP contribution < -0.4 is 5.32 Å². The molecule has 0 aromatic carbocycles. The van der Waals surface area contributed by atoms with Crippen LogP contribution >= 0.6 is 11.6 Å². The molecule has 0 unspecified atom stereocenters. The molecule has 0 radical (unpaired) electrons. The quantitative estimate of drug-likeness (QED) is 0.879. The van der Waals surface area contributed by atoms with E-state index in [2.05, 4.69) is 10.4 Å². The summed E-state index contributed by atoms with van der Waals surface area (Å²) in [7, 11) is 3.63. The summed E-state index contributed by atoms with van der Waals surface area (Å²) in [5.74, 6) is 0.226. The number of ketones is 1. The van der Waals surface area contributed by atoms with Crippen LogP contribution in [0.5, 0.6) is 0 Å². The first kappa shape index (κ1) is 12.6. The molecule has 0 aliphatic heterocycles. The molecule has 1 atom stereocenters. The lowest BCUT2D eigenvalue weighted by Gasteiger charge is -2.35. The fraction of sp³-hybridized carbons (Fsp3) is 0.667. The minimum atomic E-state index is -0.631. The summed E-state index contributed by atoms with van der Waals surface area (Å²) >= 11 is 6.29. The van der Waals surface area contributed by atoms with Crippen LogP contribution in [0.25, 0.3) is 0 Å². The van der Waals surface area contributed by atoms with E-state index in [1.54, 1.807) is 11.7 Å². The summed E-state index contributed by atoms with van der Waals surface area (Å²) in [5, 5.41) is 8.06. The van der Waals surface area contributed by atoms with Crippen molar-refractivity contribution in [2.24, 2.45) is 7.05 Å². The van der Waals surface area contributed by atoms with E-state index >= 15 is 0 Å². The lowest BCUT2D eigenvalue weighted by atomic mass is 9.76. The van der Waals surface area contributed by atoms with E-state index in [0.29, 0.717) is 11.6 Å². The van der Waals surface area contributed by atoms with Crippen molar-refractivity contribution in [1.29, 1.82) is 0 Å². The first-order valence-corrected chi connectivity index (χ1v) is 6.32. The number of aryl methyl sites for hydroxylation is 2. The highest BCUT2D eigenvalue weighted by Crippen LogP contribution is 2.39. The zero-order valence-corrected chi connectivity index (χ0v) is 11.3. The average Bonchev–Trinajstić information content (AvgIpc) is 2.55. The Morgan fingerprint density at radius 3 is 2.65 bits per heavy atom. The second-order valence-corrected chi connectivity index (χ2v) is 5.02. The van der Waals surface area contributed by atoms with Crippen molar-refractivity contribution in [3.63, 3.8) is 0 Å². The summed E-state index contributed by atoms with van der Waals surface area (Å²) in [6, 6.07) is 0. The maximum Gasteiger partial charge on any atom is 0.157 e. The Morgan fingerprint density at radius 2 is 2.18 bits per heavy atom. The third-order valence-corrected chi connectivity index (χ3v) is 4.12. The zero-order chi connectivity index (χ0) is 12.6. The van der Waals surface area contributed by atoms with Gasteiger partial charge >= 0.3 is 0 Å². The molecule has 2 rings (SSSR count). The Labute approximate surface area is 106 Å². The molecule has 1 aromatic heterocycles. The van der Waals surface area contributed by atoms with Crippen molar-refractivity contribution >= 4 is 17.4 Å². The molecule has 0 amide bonds. The van der Waals surface area contributed by atoms with Gasteiger partial charge in [-0.05, 0) is 26.8 Å². The molecule has 1 aliphatic carbocycles. The lowest BCUT2D eigenvalue weighted by molar-refractivity contribution is -0.127. The second-order valence-electron chi connectivity index (χ2n) is 4.66. The number of carbonyl (C=O) groups excluding carboxylic acids is 1. The van der Waals surface area contributed by atoms with E-state index in [4.69, 9.17) is 11.6 Å². The Morgan fingerprint density at radius 1 is 1.47 bits per heavy atom. The van der Waals surface area contributed by atoms with Crippen LogP contribution in [0.1, 0.15) is 36.9 Å². The highest BCUT2D eigenvalue weighted by Gasteiger charge is 2.43. The van der Waals surface area contributed by atoms with E-state index in [-0.39, 0.29) is 5.78 Å². The Kier molecular flexibility index (Phi) is 3.27. The van der Waals surface area contributed by atoms with Gasteiger partial charge in [0.25, 0.3) is 0 Å². The molecular weight excluding hydrogens is 238 g/mol. The van der Waals surface area contributed by atoms with Gasteiger partial charge in [-0.15, -0.1) is 0 Å². The molecule has 4 nitrogen and oxygen atoms in total. The first-order valence-electron chi connectivity index (χ1n) is 5.94. The smallest absolute Gasteiger partial charge is 0.157 e. The van der Waals surface area contributed by atoms with Gasteiger partial charge in [0.2, 0.25) is 0 Å². The third kappa shape index (κ3) is 1.79. The van der Waals surface area contributed by atoms with Crippen LogP contribution in [0.15, 0.2) is 0 Å². The van der Waals surface area contributed by atoms with Crippen LogP contribution in [0, 0.1) is 6.92 Å². The van der Waals surface area contributed by atoms with Crippen molar-refractivity contribution in [3.8, 4) is 0 Å². The average molecular weight is 256 g/mol. The summed E-state index contributed by atoms with van der Waals surface area (Å²) in [4.78, 5) is 12.3. The van der Waals surface area contributed by atoms with Gasteiger partial charge in [0.1, 0.15) is 10.7 Å². The van der Waals surface area contributed by atoms with E-state index in [1.165, 1.54) is 0 Å². The molecule has 1 aromatic rings. The van der Waals surface area contributed by atoms with Crippen LogP contribution in [-0.2, 0) is 17.4 Å². The van der Waals surface area contributed by atoms with Gasteiger partial charge in [-0.1, -0.05) is 18.0 Å². The fourth-order valence-corrected chi connectivity index (χ4v) is 3.13. The molecule has 1 heterocycles. The van der Waals surface area contributed by atoms with Gasteiger partial charge in [-0.25, -0.2) is 0 Å². The van der Waals surface area contributed by atoms with Crippen molar-refractivity contribution in [2.45, 2.75) is 38.1 Å². The Bertz CT molecular complexity index is 455. The molecule has 5 heteroatoms. The van der Waals surface area contributed by atoms with Gasteiger partial charge in [0, 0.05) is 19.0 Å². The summed E-state index contributed by atoms with van der Waals surface area (Å²) in [6.45, 7) is 1.90. The number of halogens is 1. The normalized spacial score (nSPS) is 25.3. The van der Waals surface area contributed by atoms with Crippen LogP contribution in [-0.4, -0.2) is 22.6 Å². The SMILES string of the molecule is CN[C@@]1(c2c(C)nn(C)c2Cl)CCCCC1=O. The third-order valence-electron chi connectivity index (χ3n) is 3.69. The van der Waals surface area contributed by atoms with Crippen molar-refractivity contribution < 1.29 is 4.79 Å². The van der Waals surface area contributed by atoms with Gasteiger partial charge in [-0.3, -0.25) is 9.48 Å². The molecule has 17 heavy (non-hydrogen) atoms. The first-order chi connectivity index (χ1) is 8.03. The topological polar surface area (TPSA) is 46.9 Å². The van der Waals surface area contributed by atoms with Crippen LogP contribution in [0.4, 0.5) is 0 Å². The summed E-state index contributed by atoms with van der Waals surface area (Å²) in [6.07, 6.45) is 3.43. The Hall–Kier alpha value is -0.870. The molecule has 0 bridgehead atoms. The second kappa shape index (κ2) is 4.42. The molecule has 0 saturated heterocycles. The largest absolute Gasteiger partial charge is 0.304 e.